The van der Waals surface area contributed by atoms with Gasteiger partial charge >= 0.3 is 0 Å². The van der Waals surface area contributed by atoms with Crippen LogP contribution < -0.4 is 4.74 Å². The van der Waals surface area contributed by atoms with Gasteiger partial charge in [0.1, 0.15) is 16.8 Å². The molecule has 5 nitrogen and oxygen atoms in total. The standard InChI is InChI=1S/C17H17N3O2S/c1-22-14-4-5-15-12(9-14)8-13(10-18)17(19-15)23-11-16(21)20-6-2-3-7-20/h4-5,8-9H,2-3,6-7,11H2,1H3. The van der Waals surface area contributed by atoms with Gasteiger partial charge in [0.2, 0.25) is 5.91 Å². The average molecular weight is 327 g/mol. The number of pyridine rings is 1. The summed E-state index contributed by atoms with van der Waals surface area (Å²) >= 11 is 1.34. The molecule has 1 aliphatic heterocycles. The van der Waals surface area contributed by atoms with Gasteiger partial charge in [0, 0.05) is 18.5 Å². The fourth-order valence-corrected chi connectivity index (χ4v) is 3.51. The summed E-state index contributed by atoms with van der Waals surface area (Å²) in [6.07, 6.45) is 2.16. The molecule has 0 aliphatic carbocycles. The number of carbonyl (C=O) groups excluding carboxylic acids is 1. The molecule has 1 aromatic carbocycles. The topological polar surface area (TPSA) is 66.2 Å². The Morgan fingerprint density at radius 3 is 2.87 bits per heavy atom. The Labute approximate surface area is 139 Å². The minimum absolute atomic E-state index is 0.119. The monoisotopic (exact) mass is 327 g/mol. The molecule has 23 heavy (non-hydrogen) atoms. The van der Waals surface area contributed by atoms with Gasteiger partial charge in [0.25, 0.3) is 0 Å². The molecule has 1 saturated heterocycles. The largest absolute Gasteiger partial charge is 0.497 e. The van der Waals surface area contributed by atoms with Crippen molar-refractivity contribution >= 4 is 28.6 Å². The van der Waals surface area contributed by atoms with Crippen LogP contribution in [0.2, 0.25) is 0 Å². The predicted molar refractivity (Wildman–Crippen MR) is 89.5 cm³/mol. The molecule has 0 bridgehead atoms. The van der Waals surface area contributed by atoms with Gasteiger partial charge < -0.3 is 9.64 Å². The van der Waals surface area contributed by atoms with Gasteiger partial charge in [-0.15, -0.1) is 0 Å². The van der Waals surface area contributed by atoms with E-state index < -0.39 is 0 Å². The maximum absolute atomic E-state index is 12.1. The minimum atomic E-state index is 0.119. The predicted octanol–water partition coefficient (Wildman–Crippen LogP) is 2.83. The molecule has 0 N–H and O–H groups in total. The van der Waals surface area contributed by atoms with Gasteiger partial charge in [-0.25, -0.2) is 4.98 Å². The van der Waals surface area contributed by atoms with Crippen molar-refractivity contribution in [3.8, 4) is 11.8 Å². The number of nitriles is 1. The number of benzene rings is 1. The Morgan fingerprint density at radius 2 is 2.17 bits per heavy atom. The molecule has 0 spiro atoms. The quantitative estimate of drug-likeness (QED) is 0.808. The SMILES string of the molecule is COc1ccc2nc(SCC(=O)N3CCCC3)c(C#N)cc2c1. The molecule has 1 aliphatic rings. The zero-order valence-corrected chi connectivity index (χ0v) is 13.7. The van der Waals surface area contributed by atoms with E-state index >= 15 is 0 Å². The lowest BCUT2D eigenvalue weighted by molar-refractivity contribution is -0.127. The Morgan fingerprint density at radius 1 is 1.39 bits per heavy atom. The van der Waals surface area contributed by atoms with E-state index in [1.165, 1.54) is 11.8 Å². The number of methoxy groups -OCH3 is 1. The number of hydrogen-bond acceptors (Lipinski definition) is 5. The molecule has 118 valence electrons. The Balaban J connectivity index is 1.82. The summed E-state index contributed by atoms with van der Waals surface area (Å²) < 4.78 is 5.20. The van der Waals surface area contributed by atoms with E-state index in [1.54, 1.807) is 13.2 Å². The third-order valence-corrected chi connectivity index (χ3v) is 4.87. The van der Waals surface area contributed by atoms with E-state index in [4.69, 9.17) is 4.74 Å². The molecule has 0 atom stereocenters. The summed E-state index contributed by atoms with van der Waals surface area (Å²) in [5.41, 5.74) is 1.28. The number of thioether (sulfide) groups is 1. The molecule has 2 heterocycles. The highest BCUT2D eigenvalue weighted by molar-refractivity contribution is 8.00. The summed E-state index contributed by atoms with van der Waals surface area (Å²) in [5, 5.41) is 10.8. The maximum atomic E-state index is 12.1. The van der Waals surface area contributed by atoms with Crippen LogP contribution in [0.15, 0.2) is 29.3 Å². The van der Waals surface area contributed by atoms with Crippen molar-refractivity contribution in [2.45, 2.75) is 17.9 Å². The molecule has 0 radical (unpaired) electrons. The second-order valence-corrected chi connectivity index (χ2v) is 6.35. The van der Waals surface area contributed by atoms with Crippen molar-refractivity contribution in [1.82, 2.24) is 9.88 Å². The van der Waals surface area contributed by atoms with Crippen LogP contribution >= 0.6 is 11.8 Å². The Bertz CT molecular complexity index is 779. The molecule has 1 amide bonds. The summed E-state index contributed by atoms with van der Waals surface area (Å²) in [4.78, 5) is 18.6. The van der Waals surface area contributed by atoms with E-state index in [2.05, 4.69) is 11.1 Å². The molecule has 6 heteroatoms. The lowest BCUT2D eigenvalue weighted by Crippen LogP contribution is -2.29. The first-order valence-corrected chi connectivity index (χ1v) is 8.49. The van der Waals surface area contributed by atoms with Crippen LogP contribution in [-0.2, 0) is 4.79 Å². The molecular formula is C17H17N3O2S. The van der Waals surface area contributed by atoms with Crippen molar-refractivity contribution in [1.29, 1.82) is 5.26 Å². The smallest absolute Gasteiger partial charge is 0.232 e. The van der Waals surface area contributed by atoms with Crippen molar-refractivity contribution in [3.05, 3.63) is 29.8 Å². The van der Waals surface area contributed by atoms with Gasteiger partial charge in [0.05, 0.1) is 23.9 Å². The van der Waals surface area contributed by atoms with Crippen LogP contribution in [-0.4, -0.2) is 41.7 Å². The van der Waals surface area contributed by atoms with E-state index in [-0.39, 0.29) is 5.91 Å². The molecule has 0 saturated carbocycles. The number of carbonyl (C=O) groups is 1. The van der Waals surface area contributed by atoms with Crippen LogP contribution in [0, 0.1) is 11.3 Å². The third kappa shape index (κ3) is 3.40. The van der Waals surface area contributed by atoms with Gasteiger partial charge in [-0.3, -0.25) is 4.79 Å². The normalized spacial score (nSPS) is 14.0. The number of ether oxygens (including phenoxy) is 1. The zero-order valence-electron chi connectivity index (χ0n) is 12.9. The number of fused-ring (bicyclic) bond motifs is 1. The summed E-state index contributed by atoms with van der Waals surface area (Å²) in [6, 6.07) is 9.52. The minimum Gasteiger partial charge on any atom is -0.497 e. The first-order chi connectivity index (χ1) is 11.2. The molecule has 2 aromatic rings. The van der Waals surface area contributed by atoms with Gasteiger partial charge in [0.15, 0.2) is 0 Å². The third-order valence-electron chi connectivity index (χ3n) is 3.90. The van der Waals surface area contributed by atoms with Crippen LogP contribution in [0.5, 0.6) is 5.75 Å². The molecule has 1 aromatic heterocycles. The number of nitrogens with zero attached hydrogens (tertiary/aromatic N) is 3. The highest BCUT2D eigenvalue weighted by Gasteiger charge is 2.19. The second kappa shape index (κ2) is 6.88. The van der Waals surface area contributed by atoms with E-state index in [0.717, 1.165) is 42.6 Å². The van der Waals surface area contributed by atoms with Crippen LogP contribution in [0.4, 0.5) is 0 Å². The molecule has 0 unspecified atom stereocenters. The number of aromatic nitrogens is 1. The summed E-state index contributed by atoms with van der Waals surface area (Å²) in [5.74, 6) is 1.17. The number of amides is 1. The molecular weight excluding hydrogens is 310 g/mol. The van der Waals surface area contributed by atoms with Gasteiger partial charge in [-0.2, -0.15) is 5.26 Å². The zero-order chi connectivity index (χ0) is 16.2. The maximum Gasteiger partial charge on any atom is 0.232 e. The molecule has 1 fully saturated rings. The van der Waals surface area contributed by atoms with E-state index in [0.29, 0.717) is 16.3 Å². The number of rotatable bonds is 4. The van der Waals surface area contributed by atoms with Gasteiger partial charge in [-0.1, -0.05) is 11.8 Å². The van der Waals surface area contributed by atoms with Crippen molar-refractivity contribution < 1.29 is 9.53 Å². The van der Waals surface area contributed by atoms with Crippen LogP contribution in [0.25, 0.3) is 10.9 Å². The van der Waals surface area contributed by atoms with Gasteiger partial charge in [-0.05, 0) is 37.1 Å². The Kier molecular flexibility index (Phi) is 4.68. The van der Waals surface area contributed by atoms with Crippen molar-refractivity contribution in [2.24, 2.45) is 0 Å². The average Bonchev–Trinajstić information content (AvgIpc) is 3.12. The fourth-order valence-electron chi connectivity index (χ4n) is 2.64. The van der Waals surface area contributed by atoms with E-state index in [1.807, 2.05) is 23.1 Å². The first-order valence-electron chi connectivity index (χ1n) is 7.51. The van der Waals surface area contributed by atoms with Crippen LogP contribution in [0.3, 0.4) is 0 Å². The highest BCUT2D eigenvalue weighted by Crippen LogP contribution is 2.27. The lowest BCUT2D eigenvalue weighted by atomic mass is 10.1. The lowest BCUT2D eigenvalue weighted by Gasteiger charge is -2.14. The number of likely N-dealkylation sites (tertiary alicyclic amines) is 1. The molecule has 3 rings (SSSR count). The van der Waals surface area contributed by atoms with E-state index in [9.17, 15) is 10.1 Å². The fraction of sp³-hybridized carbons (Fsp3) is 0.353. The van der Waals surface area contributed by atoms with Crippen molar-refractivity contribution in [3.63, 3.8) is 0 Å². The van der Waals surface area contributed by atoms with Crippen LogP contribution in [0.1, 0.15) is 18.4 Å². The highest BCUT2D eigenvalue weighted by atomic mass is 32.2. The van der Waals surface area contributed by atoms with Crippen molar-refractivity contribution in [2.75, 3.05) is 26.0 Å². The Hall–Kier alpha value is -2.26. The number of hydrogen-bond donors (Lipinski definition) is 0. The summed E-state index contributed by atoms with van der Waals surface area (Å²) in [6.45, 7) is 1.69. The summed E-state index contributed by atoms with van der Waals surface area (Å²) in [7, 11) is 1.61. The second-order valence-electron chi connectivity index (χ2n) is 5.39. The first kappa shape index (κ1) is 15.6.